The lowest BCUT2D eigenvalue weighted by Gasteiger charge is -2.20. The molecule has 1 atom stereocenters. The highest BCUT2D eigenvalue weighted by Gasteiger charge is 2.17. The van der Waals surface area contributed by atoms with Gasteiger partial charge < -0.3 is 15.0 Å². The average Bonchev–Trinajstić information content (AvgIpc) is 2.86. The number of nitrogens with one attached hydrogen (secondary N) is 1. The molecule has 1 N–H and O–H groups in total. The summed E-state index contributed by atoms with van der Waals surface area (Å²) in [7, 11) is 7.51. The first-order chi connectivity index (χ1) is 10.0. The summed E-state index contributed by atoms with van der Waals surface area (Å²) in [5.41, 5.74) is 2.06. The van der Waals surface area contributed by atoms with Crippen LogP contribution in [0.5, 0.6) is 0 Å². The van der Waals surface area contributed by atoms with Gasteiger partial charge in [-0.05, 0) is 13.0 Å². The fourth-order valence-corrected chi connectivity index (χ4v) is 2.20. The van der Waals surface area contributed by atoms with Crippen molar-refractivity contribution in [1.82, 2.24) is 19.7 Å². The molecule has 7 heteroatoms. The second-order valence-electron chi connectivity index (χ2n) is 5.13. The van der Waals surface area contributed by atoms with E-state index < -0.39 is 0 Å². The van der Waals surface area contributed by atoms with Crippen molar-refractivity contribution in [2.75, 3.05) is 38.0 Å². The highest BCUT2D eigenvalue weighted by molar-refractivity contribution is 5.48. The van der Waals surface area contributed by atoms with Gasteiger partial charge >= 0.3 is 0 Å². The summed E-state index contributed by atoms with van der Waals surface area (Å²) in [6.07, 6.45) is 3.58. The molecular weight excluding hydrogens is 268 g/mol. The zero-order valence-corrected chi connectivity index (χ0v) is 13.2. The van der Waals surface area contributed by atoms with Crippen LogP contribution in [0.4, 0.5) is 11.8 Å². The Morgan fingerprint density at radius 3 is 2.76 bits per heavy atom. The van der Waals surface area contributed by atoms with Crippen molar-refractivity contribution in [3.63, 3.8) is 0 Å². The highest BCUT2D eigenvalue weighted by Crippen LogP contribution is 2.20. The average molecular weight is 290 g/mol. The van der Waals surface area contributed by atoms with Crippen molar-refractivity contribution in [3.05, 3.63) is 29.7 Å². The summed E-state index contributed by atoms with van der Waals surface area (Å²) in [6.45, 7) is 2.50. The maximum Gasteiger partial charge on any atom is 0.225 e. The van der Waals surface area contributed by atoms with Gasteiger partial charge in [-0.25, -0.2) is 4.98 Å². The summed E-state index contributed by atoms with van der Waals surface area (Å²) in [6, 6.07) is 1.90. The molecule has 0 aromatic carbocycles. The molecule has 7 nitrogen and oxygen atoms in total. The number of ether oxygens (including phenoxy) is 1. The van der Waals surface area contributed by atoms with Gasteiger partial charge in [0.1, 0.15) is 5.82 Å². The third kappa shape index (κ3) is 3.49. The molecule has 1 unspecified atom stereocenters. The van der Waals surface area contributed by atoms with Crippen LogP contribution in [0.25, 0.3) is 0 Å². The van der Waals surface area contributed by atoms with E-state index in [1.807, 2.05) is 49.9 Å². The number of aromatic nitrogens is 4. The Labute approximate surface area is 125 Å². The molecular formula is C14H22N6O. The minimum absolute atomic E-state index is 0.0554. The van der Waals surface area contributed by atoms with Crippen molar-refractivity contribution in [2.24, 2.45) is 7.05 Å². The smallest absolute Gasteiger partial charge is 0.225 e. The van der Waals surface area contributed by atoms with Crippen molar-refractivity contribution >= 4 is 11.8 Å². The molecule has 0 amide bonds. The number of rotatable bonds is 6. The number of hydrogen-bond acceptors (Lipinski definition) is 6. The SMILES string of the molecule is COCC(Nc1ncc(C)c(N(C)C)n1)c1ccnn1C. The molecule has 0 bridgehead atoms. The number of nitrogens with zero attached hydrogens (tertiary/aromatic N) is 5. The minimum atomic E-state index is -0.0554. The zero-order chi connectivity index (χ0) is 15.4. The van der Waals surface area contributed by atoms with E-state index in [2.05, 4.69) is 20.4 Å². The molecule has 0 saturated carbocycles. The van der Waals surface area contributed by atoms with Crippen molar-refractivity contribution < 1.29 is 4.74 Å². The Bertz CT molecular complexity index is 595. The van der Waals surface area contributed by atoms with Crippen molar-refractivity contribution in [1.29, 1.82) is 0 Å². The van der Waals surface area contributed by atoms with Gasteiger partial charge in [0.25, 0.3) is 0 Å². The normalized spacial score (nSPS) is 12.2. The van der Waals surface area contributed by atoms with Crippen LogP contribution in [0.1, 0.15) is 17.3 Å². The number of anilines is 2. The molecule has 0 spiro atoms. The van der Waals surface area contributed by atoms with E-state index in [9.17, 15) is 0 Å². The lowest BCUT2D eigenvalue weighted by atomic mass is 10.2. The molecule has 2 heterocycles. The quantitative estimate of drug-likeness (QED) is 0.867. The molecule has 0 radical (unpaired) electrons. The topological polar surface area (TPSA) is 68.1 Å². The van der Waals surface area contributed by atoms with Crippen LogP contribution in [-0.2, 0) is 11.8 Å². The summed E-state index contributed by atoms with van der Waals surface area (Å²) in [4.78, 5) is 10.9. The molecule has 114 valence electrons. The minimum Gasteiger partial charge on any atom is -0.382 e. The van der Waals surface area contributed by atoms with Crippen LogP contribution in [0.3, 0.4) is 0 Å². The van der Waals surface area contributed by atoms with E-state index in [-0.39, 0.29) is 6.04 Å². The fourth-order valence-electron chi connectivity index (χ4n) is 2.20. The molecule has 0 fully saturated rings. The standard InChI is InChI=1S/C14H22N6O/c1-10-8-15-14(18-13(10)19(2)3)17-11(9-21-5)12-6-7-16-20(12)4/h6-8,11H,9H2,1-5H3,(H,15,17,18). The largest absolute Gasteiger partial charge is 0.382 e. The maximum absolute atomic E-state index is 5.29. The van der Waals surface area contributed by atoms with E-state index >= 15 is 0 Å². The fraction of sp³-hybridized carbons (Fsp3) is 0.500. The first kappa shape index (κ1) is 15.2. The summed E-state index contributed by atoms with van der Waals surface area (Å²) in [5, 5.41) is 7.50. The van der Waals surface area contributed by atoms with E-state index in [1.165, 1.54) is 0 Å². The van der Waals surface area contributed by atoms with Crippen LogP contribution >= 0.6 is 0 Å². The van der Waals surface area contributed by atoms with Crippen LogP contribution in [0.2, 0.25) is 0 Å². The van der Waals surface area contributed by atoms with Gasteiger partial charge in [-0.3, -0.25) is 4.68 Å². The predicted octanol–water partition coefficient (Wildman–Crippen LogP) is 1.38. The molecule has 0 aliphatic carbocycles. The molecule has 0 saturated heterocycles. The summed E-state index contributed by atoms with van der Waals surface area (Å²) >= 11 is 0. The number of aryl methyl sites for hydroxylation is 2. The second-order valence-corrected chi connectivity index (χ2v) is 5.13. The molecule has 2 rings (SSSR count). The summed E-state index contributed by atoms with van der Waals surface area (Å²) < 4.78 is 7.10. The van der Waals surface area contributed by atoms with Crippen LogP contribution in [0, 0.1) is 6.92 Å². The van der Waals surface area contributed by atoms with Gasteiger partial charge in [0.15, 0.2) is 0 Å². The van der Waals surface area contributed by atoms with Gasteiger partial charge in [0.05, 0.1) is 18.3 Å². The van der Waals surface area contributed by atoms with E-state index in [1.54, 1.807) is 13.3 Å². The van der Waals surface area contributed by atoms with Crippen LogP contribution in [-0.4, -0.2) is 47.6 Å². The monoisotopic (exact) mass is 290 g/mol. The van der Waals surface area contributed by atoms with Gasteiger partial charge in [-0.1, -0.05) is 0 Å². The maximum atomic E-state index is 5.29. The van der Waals surface area contributed by atoms with E-state index in [0.29, 0.717) is 12.6 Å². The van der Waals surface area contributed by atoms with Crippen LogP contribution < -0.4 is 10.2 Å². The first-order valence-corrected chi connectivity index (χ1v) is 6.77. The Morgan fingerprint density at radius 1 is 1.43 bits per heavy atom. The highest BCUT2D eigenvalue weighted by atomic mass is 16.5. The van der Waals surface area contributed by atoms with Crippen molar-refractivity contribution in [3.8, 4) is 0 Å². The lowest BCUT2D eigenvalue weighted by molar-refractivity contribution is 0.183. The number of methoxy groups -OCH3 is 1. The molecule has 2 aromatic heterocycles. The molecule has 0 aliphatic heterocycles. The Kier molecular flexibility index (Phi) is 4.74. The van der Waals surface area contributed by atoms with Gasteiger partial charge in [0.2, 0.25) is 5.95 Å². The molecule has 21 heavy (non-hydrogen) atoms. The second kappa shape index (κ2) is 6.53. The Morgan fingerprint density at radius 2 is 2.19 bits per heavy atom. The van der Waals surface area contributed by atoms with Gasteiger partial charge in [0, 0.05) is 46.2 Å². The van der Waals surface area contributed by atoms with E-state index in [0.717, 1.165) is 17.1 Å². The van der Waals surface area contributed by atoms with E-state index in [4.69, 9.17) is 4.74 Å². The lowest BCUT2D eigenvalue weighted by Crippen LogP contribution is -2.21. The third-order valence-electron chi connectivity index (χ3n) is 3.22. The predicted molar refractivity (Wildman–Crippen MR) is 82.5 cm³/mol. The van der Waals surface area contributed by atoms with Crippen molar-refractivity contribution in [2.45, 2.75) is 13.0 Å². The zero-order valence-electron chi connectivity index (χ0n) is 13.2. The first-order valence-electron chi connectivity index (χ1n) is 6.77. The number of hydrogen-bond donors (Lipinski definition) is 1. The summed E-state index contributed by atoms with van der Waals surface area (Å²) in [5.74, 6) is 1.47. The molecule has 2 aromatic rings. The van der Waals surface area contributed by atoms with Crippen LogP contribution in [0.15, 0.2) is 18.5 Å². The van der Waals surface area contributed by atoms with Gasteiger partial charge in [-0.2, -0.15) is 10.1 Å². The Hall–Kier alpha value is -2.15. The van der Waals surface area contributed by atoms with Gasteiger partial charge in [-0.15, -0.1) is 0 Å². The molecule has 0 aliphatic rings. The Balaban J connectivity index is 2.25. The third-order valence-corrected chi connectivity index (χ3v) is 3.22.